The predicted octanol–water partition coefficient (Wildman–Crippen LogP) is 4.88. The van der Waals surface area contributed by atoms with Gasteiger partial charge in [0.2, 0.25) is 0 Å². The van der Waals surface area contributed by atoms with Crippen LogP contribution in [-0.2, 0) is 23.8 Å². The molecule has 0 radical (unpaired) electrons. The number of ether oxygens (including phenoxy) is 2. The van der Waals surface area contributed by atoms with Crippen LogP contribution in [0, 0.1) is 0 Å². The summed E-state index contributed by atoms with van der Waals surface area (Å²) < 4.78 is 40.0. The molecule has 1 heterocycles. The first-order chi connectivity index (χ1) is 12.5. The fourth-order valence-electron chi connectivity index (χ4n) is 2.72. The van der Waals surface area contributed by atoms with Gasteiger partial charge in [-0.2, -0.15) is 8.42 Å². The largest absolute Gasteiger partial charge is 0.490 e. The van der Waals surface area contributed by atoms with E-state index in [1.54, 1.807) is 18.2 Å². The molecule has 1 aromatic rings. The average molecular weight is 383 g/mol. The Labute approximate surface area is 157 Å². The highest BCUT2D eigenvalue weighted by molar-refractivity contribution is 7.87. The second-order valence-electron chi connectivity index (χ2n) is 6.59. The Morgan fingerprint density at radius 2 is 1.65 bits per heavy atom. The molecule has 0 saturated carbocycles. The zero-order chi connectivity index (χ0) is 18.8. The van der Waals surface area contributed by atoms with Crippen LogP contribution in [0.4, 0.5) is 0 Å². The maximum atomic E-state index is 11.9. The van der Waals surface area contributed by atoms with Crippen molar-refractivity contribution in [2.45, 2.75) is 69.8 Å². The number of fused-ring (bicyclic) bond motifs is 1. The maximum Gasteiger partial charge on any atom is 0.339 e. The summed E-state index contributed by atoms with van der Waals surface area (Å²) in [5, 5.41) is 0. The zero-order valence-corrected chi connectivity index (χ0v) is 16.6. The van der Waals surface area contributed by atoms with Crippen molar-refractivity contribution in [1.82, 2.24) is 0 Å². The van der Waals surface area contributed by atoms with Gasteiger partial charge in [-0.15, -0.1) is 0 Å². The normalized spacial score (nSPS) is 16.3. The highest BCUT2D eigenvalue weighted by Gasteiger charge is 2.26. The van der Waals surface area contributed by atoms with E-state index in [4.69, 9.17) is 13.7 Å². The Morgan fingerprint density at radius 3 is 2.38 bits per heavy atom. The Kier molecular flexibility index (Phi) is 8.45. The number of hydrogen-bond donors (Lipinski definition) is 0. The highest BCUT2D eigenvalue weighted by atomic mass is 32.2. The summed E-state index contributed by atoms with van der Waals surface area (Å²) in [7, 11) is -3.70. The summed E-state index contributed by atoms with van der Waals surface area (Å²) in [6.45, 7) is 5.66. The molecule has 1 atom stereocenters. The molecule has 146 valence electrons. The van der Waals surface area contributed by atoms with Crippen molar-refractivity contribution in [2.24, 2.45) is 0 Å². The van der Waals surface area contributed by atoms with E-state index in [-0.39, 0.29) is 4.90 Å². The summed E-state index contributed by atoms with van der Waals surface area (Å²) in [6.07, 6.45) is 9.36. The topological polar surface area (TPSA) is 61.8 Å². The van der Waals surface area contributed by atoms with Crippen LogP contribution < -0.4 is 0 Å². The minimum atomic E-state index is -3.70. The third-order valence-corrected chi connectivity index (χ3v) is 5.72. The quantitative estimate of drug-likeness (QED) is 0.381. The van der Waals surface area contributed by atoms with Crippen molar-refractivity contribution in [1.29, 1.82) is 0 Å². The van der Waals surface area contributed by atoms with Gasteiger partial charge in [-0.25, -0.2) is 0 Å². The predicted molar refractivity (Wildman–Crippen MR) is 102 cm³/mol. The molecule has 26 heavy (non-hydrogen) atoms. The number of benzene rings is 1. The Balaban J connectivity index is 1.59. The molecule has 0 aromatic heterocycles. The monoisotopic (exact) mass is 382 g/mol. The summed E-state index contributed by atoms with van der Waals surface area (Å²) in [4.78, 5) is 0.164. The number of hydrogen-bond acceptors (Lipinski definition) is 5. The first kappa shape index (κ1) is 20.8. The summed E-state index contributed by atoms with van der Waals surface area (Å²) in [6, 6.07) is 6.74. The smallest absolute Gasteiger partial charge is 0.339 e. The summed E-state index contributed by atoms with van der Waals surface area (Å²) in [5.41, 5.74) is 0.569. The van der Waals surface area contributed by atoms with Crippen molar-refractivity contribution in [3.8, 4) is 0 Å². The van der Waals surface area contributed by atoms with Gasteiger partial charge in [0.25, 0.3) is 0 Å². The molecule has 1 unspecified atom stereocenters. The van der Waals surface area contributed by atoms with E-state index in [1.165, 1.54) is 31.6 Å². The molecule has 1 aliphatic rings. The van der Waals surface area contributed by atoms with E-state index in [0.717, 1.165) is 32.3 Å². The first-order valence-corrected chi connectivity index (χ1v) is 10.9. The number of rotatable bonds is 12. The second kappa shape index (κ2) is 10.6. The van der Waals surface area contributed by atoms with E-state index in [1.807, 2.05) is 0 Å². The van der Waals surface area contributed by atoms with Gasteiger partial charge < -0.3 is 13.7 Å². The van der Waals surface area contributed by atoms with Crippen LogP contribution in [0.1, 0.15) is 64.4 Å². The maximum absolute atomic E-state index is 11.9. The SMILES string of the molecule is CCC(C)OCCCCCCCCOC1=COS(=O)(=O)c2ccccc21. The van der Waals surface area contributed by atoms with Gasteiger partial charge in [-0.3, -0.25) is 0 Å². The van der Waals surface area contributed by atoms with Crippen LogP contribution in [-0.4, -0.2) is 27.7 Å². The molecule has 0 aliphatic carbocycles. The Hall–Kier alpha value is -1.53. The fourth-order valence-corrected chi connectivity index (χ4v) is 3.72. The van der Waals surface area contributed by atoms with Crippen LogP contribution in [0.25, 0.3) is 5.76 Å². The molecule has 1 aromatic carbocycles. The van der Waals surface area contributed by atoms with E-state index in [9.17, 15) is 8.42 Å². The Bertz CT molecular complexity index is 681. The van der Waals surface area contributed by atoms with Crippen molar-refractivity contribution < 1.29 is 22.1 Å². The summed E-state index contributed by atoms with van der Waals surface area (Å²) in [5.74, 6) is 0.484. The van der Waals surface area contributed by atoms with Crippen molar-refractivity contribution in [3.63, 3.8) is 0 Å². The van der Waals surface area contributed by atoms with Gasteiger partial charge in [-0.05, 0) is 38.3 Å². The molecule has 0 bridgehead atoms. The van der Waals surface area contributed by atoms with Crippen LogP contribution in [0.5, 0.6) is 0 Å². The van der Waals surface area contributed by atoms with Crippen LogP contribution >= 0.6 is 0 Å². The lowest BCUT2D eigenvalue weighted by molar-refractivity contribution is 0.0607. The van der Waals surface area contributed by atoms with E-state index in [0.29, 0.717) is 24.0 Å². The molecule has 0 N–H and O–H groups in total. The van der Waals surface area contributed by atoms with Gasteiger partial charge >= 0.3 is 10.1 Å². The van der Waals surface area contributed by atoms with Crippen LogP contribution in [0.2, 0.25) is 0 Å². The van der Waals surface area contributed by atoms with Crippen LogP contribution in [0.15, 0.2) is 35.4 Å². The standard InChI is InChI=1S/C20H30O5S/c1-3-17(2)23-14-10-6-4-5-7-11-15-24-19-16-25-26(21,22)20-13-9-8-12-18(19)20/h8-9,12-13,16-17H,3-7,10-11,14-15H2,1-2H3. The molecule has 1 aliphatic heterocycles. The van der Waals surface area contributed by atoms with Crippen LogP contribution in [0.3, 0.4) is 0 Å². The Morgan fingerprint density at radius 1 is 1.00 bits per heavy atom. The lowest BCUT2D eigenvalue weighted by Crippen LogP contribution is -2.12. The second-order valence-corrected chi connectivity index (χ2v) is 8.13. The van der Waals surface area contributed by atoms with E-state index in [2.05, 4.69) is 13.8 Å². The van der Waals surface area contributed by atoms with Crippen molar-refractivity contribution >= 4 is 15.9 Å². The highest BCUT2D eigenvalue weighted by Crippen LogP contribution is 2.30. The fraction of sp³-hybridized carbons (Fsp3) is 0.600. The third kappa shape index (κ3) is 6.32. The minimum Gasteiger partial charge on any atom is -0.490 e. The third-order valence-electron chi connectivity index (χ3n) is 4.48. The van der Waals surface area contributed by atoms with Gasteiger partial charge in [0, 0.05) is 12.2 Å². The zero-order valence-electron chi connectivity index (χ0n) is 15.8. The molecule has 0 spiro atoms. The van der Waals surface area contributed by atoms with Gasteiger partial charge in [0.05, 0.1) is 12.7 Å². The lowest BCUT2D eigenvalue weighted by Gasteiger charge is -2.18. The average Bonchev–Trinajstić information content (AvgIpc) is 2.64. The molecule has 6 heteroatoms. The molecule has 2 rings (SSSR count). The lowest BCUT2D eigenvalue weighted by atomic mass is 10.1. The van der Waals surface area contributed by atoms with Crippen molar-refractivity contribution in [2.75, 3.05) is 13.2 Å². The van der Waals surface area contributed by atoms with E-state index < -0.39 is 10.1 Å². The molecular formula is C20H30O5S. The van der Waals surface area contributed by atoms with Crippen molar-refractivity contribution in [3.05, 3.63) is 36.1 Å². The van der Waals surface area contributed by atoms with Gasteiger partial charge in [-0.1, -0.05) is 44.7 Å². The molecule has 5 nitrogen and oxygen atoms in total. The minimum absolute atomic E-state index is 0.164. The molecule has 0 amide bonds. The molecule has 0 fully saturated rings. The molecule has 0 saturated heterocycles. The van der Waals surface area contributed by atoms with Gasteiger partial charge in [0.15, 0.2) is 5.76 Å². The molecular weight excluding hydrogens is 352 g/mol. The summed E-state index contributed by atoms with van der Waals surface area (Å²) >= 11 is 0. The number of unbranched alkanes of at least 4 members (excludes halogenated alkanes) is 5. The van der Waals surface area contributed by atoms with Gasteiger partial charge in [0.1, 0.15) is 11.2 Å². The van der Waals surface area contributed by atoms with E-state index >= 15 is 0 Å². The first-order valence-electron chi connectivity index (χ1n) is 9.52.